The van der Waals surface area contributed by atoms with Crippen molar-refractivity contribution in [2.75, 3.05) is 0 Å². The van der Waals surface area contributed by atoms with E-state index in [9.17, 15) is 9.90 Å². The number of aliphatic hydroxyl groups is 1. The molecule has 1 atom stereocenters. The monoisotopic (exact) mass is 603 g/mol. The molecule has 222 valence electrons. The third-order valence-electron chi connectivity index (χ3n) is 8.42. The van der Waals surface area contributed by atoms with E-state index < -0.39 is 5.54 Å². The minimum absolute atomic E-state index is 0.0168. The maximum atomic E-state index is 13.9. The molecule has 3 heterocycles. The maximum Gasteiger partial charge on any atom is 0.253 e. The molecule has 0 spiro atoms. The molecule has 2 aromatic heterocycles. The second-order valence-electron chi connectivity index (χ2n) is 11.3. The number of aliphatic hydroxyl groups excluding tert-OH is 1. The Bertz CT molecular complexity index is 1940. The average Bonchev–Trinajstić information content (AvgIpc) is 3.67. The normalized spacial score (nSPS) is 16.5. The molecule has 3 aromatic carbocycles. The Morgan fingerprint density at radius 2 is 1.93 bits per heavy atom. The molecule has 7 nitrogen and oxygen atoms in total. The summed E-state index contributed by atoms with van der Waals surface area (Å²) >= 11 is 6.67. The number of benzene rings is 3. The number of fused-ring (bicyclic) bond motifs is 3. The zero-order valence-electron chi connectivity index (χ0n) is 24.8. The Morgan fingerprint density at radius 1 is 1.11 bits per heavy atom. The summed E-state index contributed by atoms with van der Waals surface area (Å²) in [6.07, 6.45) is 12.4. The molecular formula is C36H34ClN5O2. The van der Waals surface area contributed by atoms with Crippen LogP contribution in [0, 0.1) is 6.92 Å². The molecular weight excluding hydrogens is 570 g/mol. The first-order valence-electron chi connectivity index (χ1n) is 14.6. The first-order valence-corrected chi connectivity index (χ1v) is 15.0. The van der Waals surface area contributed by atoms with Crippen molar-refractivity contribution in [3.63, 3.8) is 0 Å². The summed E-state index contributed by atoms with van der Waals surface area (Å²) in [5, 5.41) is 22.4. The topological polar surface area (TPSA) is 85.0 Å². The summed E-state index contributed by atoms with van der Waals surface area (Å²) in [4.78, 5) is 13.9. The number of halogens is 1. The van der Waals surface area contributed by atoms with Crippen LogP contribution in [0.5, 0.6) is 0 Å². The molecule has 6 rings (SSSR count). The molecule has 0 saturated heterocycles. The van der Waals surface area contributed by atoms with Crippen molar-refractivity contribution in [2.45, 2.75) is 45.4 Å². The molecule has 5 aromatic rings. The summed E-state index contributed by atoms with van der Waals surface area (Å²) in [5.74, 6) is -0.266. The van der Waals surface area contributed by atoms with Crippen LogP contribution in [0.4, 0.5) is 0 Å². The quantitative estimate of drug-likeness (QED) is 0.185. The summed E-state index contributed by atoms with van der Waals surface area (Å²) in [7, 11) is 0. The summed E-state index contributed by atoms with van der Waals surface area (Å²) < 4.78 is 4.06. The van der Waals surface area contributed by atoms with Gasteiger partial charge in [0.1, 0.15) is 12.7 Å². The summed E-state index contributed by atoms with van der Waals surface area (Å²) in [6, 6.07) is 19.9. The van der Waals surface area contributed by atoms with Crippen LogP contribution >= 0.6 is 11.6 Å². The molecule has 8 heteroatoms. The van der Waals surface area contributed by atoms with Crippen molar-refractivity contribution in [2.24, 2.45) is 0 Å². The minimum Gasteiger partial charge on any atom is -0.392 e. The molecule has 0 bridgehead atoms. The molecule has 0 radical (unpaired) electrons. The lowest BCUT2D eigenvalue weighted by Gasteiger charge is -2.40. The number of allylic oxidation sites excluding steroid dienone is 3. The van der Waals surface area contributed by atoms with Crippen molar-refractivity contribution in [1.29, 1.82) is 0 Å². The minimum atomic E-state index is -0.764. The van der Waals surface area contributed by atoms with Gasteiger partial charge < -0.3 is 15.0 Å². The Balaban J connectivity index is 1.43. The van der Waals surface area contributed by atoms with Crippen molar-refractivity contribution in [3.05, 3.63) is 137 Å². The molecule has 44 heavy (non-hydrogen) atoms. The number of amides is 1. The maximum absolute atomic E-state index is 13.9. The zero-order chi connectivity index (χ0) is 30.8. The van der Waals surface area contributed by atoms with Crippen LogP contribution in [0.1, 0.15) is 40.5 Å². The summed E-state index contributed by atoms with van der Waals surface area (Å²) in [6.45, 7) is 9.01. The Hall–Kier alpha value is -4.72. The van der Waals surface area contributed by atoms with Gasteiger partial charge in [0.2, 0.25) is 0 Å². The number of rotatable bonds is 8. The van der Waals surface area contributed by atoms with Crippen molar-refractivity contribution < 1.29 is 9.90 Å². The average molecular weight is 604 g/mol. The van der Waals surface area contributed by atoms with E-state index in [-0.39, 0.29) is 12.5 Å². The van der Waals surface area contributed by atoms with Gasteiger partial charge in [0, 0.05) is 27.8 Å². The first-order chi connectivity index (χ1) is 21.3. The lowest BCUT2D eigenvalue weighted by atomic mass is 9.81. The third kappa shape index (κ3) is 5.41. The number of nitrogens with zero attached hydrogens (tertiary/aromatic N) is 4. The van der Waals surface area contributed by atoms with E-state index in [0.29, 0.717) is 30.0 Å². The van der Waals surface area contributed by atoms with Gasteiger partial charge in [-0.1, -0.05) is 72.3 Å². The van der Waals surface area contributed by atoms with Crippen molar-refractivity contribution in [3.8, 4) is 16.8 Å². The fraction of sp³-hybridized carbons (Fsp3) is 0.194. The molecule has 1 aliphatic rings. The fourth-order valence-electron chi connectivity index (χ4n) is 6.14. The highest BCUT2D eigenvalue weighted by atomic mass is 35.5. The van der Waals surface area contributed by atoms with Crippen LogP contribution in [-0.4, -0.2) is 35.9 Å². The number of carbonyl (C=O) groups excluding carboxylic acids is 1. The molecule has 1 amide bonds. The summed E-state index contributed by atoms with van der Waals surface area (Å²) in [5.41, 5.74) is 7.77. The van der Waals surface area contributed by atoms with Crippen LogP contribution in [0.3, 0.4) is 0 Å². The molecule has 0 unspecified atom stereocenters. The highest BCUT2D eigenvalue weighted by Crippen LogP contribution is 2.42. The number of hydrogen-bond acceptors (Lipinski definition) is 4. The lowest BCUT2D eigenvalue weighted by Crippen LogP contribution is -2.54. The number of nitrogens with one attached hydrogen (secondary N) is 1. The Morgan fingerprint density at radius 3 is 2.68 bits per heavy atom. The van der Waals surface area contributed by atoms with Crippen LogP contribution in [0.25, 0.3) is 27.7 Å². The van der Waals surface area contributed by atoms with E-state index >= 15 is 0 Å². The predicted octanol–water partition coefficient (Wildman–Crippen LogP) is 7.15. The molecule has 2 N–H and O–H groups in total. The van der Waals surface area contributed by atoms with Gasteiger partial charge in [-0.15, -0.1) is 10.2 Å². The number of aromatic nitrogens is 4. The van der Waals surface area contributed by atoms with E-state index in [1.807, 2.05) is 49.4 Å². The van der Waals surface area contributed by atoms with E-state index in [2.05, 4.69) is 63.9 Å². The van der Waals surface area contributed by atoms with Gasteiger partial charge >= 0.3 is 0 Å². The number of hydrogen-bond donors (Lipinski definition) is 2. The van der Waals surface area contributed by atoms with Crippen LogP contribution in [-0.2, 0) is 19.6 Å². The van der Waals surface area contributed by atoms with Gasteiger partial charge in [0.05, 0.1) is 29.3 Å². The van der Waals surface area contributed by atoms with E-state index in [1.165, 1.54) is 16.8 Å². The van der Waals surface area contributed by atoms with E-state index in [4.69, 9.17) is 11.6 Å². The van der Waals surface area contributed by atoms with E-state index in [0.717, 1.165) is 33.3 Å². The van der Waals surface area contributed by atoms with Gasteiger partial charge in [-0.2, -0.15) is 0 Å². The molecule has 0 saturated carbocycles. The standard InChI is InChI=1S/C36H34ClN5O2/c1-4-5-6-8-25(3)36(40-35(44)29-13-12-28(19-31(29)37)41-22-38-39-23-41)16-15-33-34(27-10-7-9-26(18-27)20-43)30-17-24(2)11-14-32(30)42(33)21-36/h4-14,17-19,22-23,43H,3,15-16,20-21H2,1-2H3,(H,40,44)/b5-4-,8-6-/t36-/m1/s1. The molecule has 0 fully saturated rings. The zero-order valence-corrected chi connectivity index (χ0v) is 25.6. The predicted molar refractivity (Wildman–Crippen MR) is 176 cm³/mol. The van der Waals surface area contributed by atoms with E-state index in [1.54, 1.807) is 29.4 Å². The SMILES string of the molecule is C=C(/C=C\C=C/C)[C@@]1(NC(=O)c2ccc(-n3cnnc3)cc2Cl)CCc2c(-c3cccc(CO)c3)c3cc(C)ccc3n2C1. The second kappa shape index (κ2) is 12.1. The molecule has 0 aliphatic carbocycles. The first kappa shape index (κ1) is 29.4. The van der Waals surface area contributed by atoms with Gasteiger partial charge in [-0.3, -0.25) is 9.36 Å². The lowest BCUT2D eigenvalue weighted by molar-refractivity contribution is 0.0896. The van der Waals surface area contributed by atoms with Crippen molar-refractivity contribution >= 4 is 28.4 Å². The largest absolute Gasteiger partial charge is 0.392 e. The number of aryl methyl sites for hydroxylation is 1. The van der Waals surface area contributed by atoms with Crippen LogP contribution in [0.15, 0.2) is 110 Å². The Labute approximate surface area is 261 Å². The second-order valence-corrected chi connectivity index (χ2v) is 11.7. The van der Waals surface area contributed by atoms with Crippen molar-refractivity contribution in [1.82, 2.24) is 24.6 Å². The molecule has 1 aliphatic heterocycles. The number of carbonyl (C=O) groups is 1. The van der Waals surface area contributed by atoms with Gasteiger partial charge in [0.25, 0.3) is 5.91 Å². The Kier molecular flexibility index (Phi) is 8.08. The highest BCUT2D eigenvalue weighted by Gasteiger charge is 2.40. The van der Waals surface area contributed by atoms with Crippen LogP contribution < -0.4 is 5.32 Å². The van der Waals surface area contributed by atoms with Gasteiger partial charge in [-0.05, 0) is 79.8 Å². The third-order valence-corrected chi connectivity index (χ3v) is 8.74. The smallest absolute Gasteiger partial charge is 0.253 e. The fourth-order valence-corrected chi connectivity index (χ4v) is 6.40. The highest BCUT2D eigenvalue weighted by molar-refractivity contribution is 6.34. The van der Waals surface area contributed by atoms with Gasteiger partial charge in [-0.25, -0.2) is 0 Å². The van der Waals surface area contributed by atoms with Gasteiger partial charge in [0.15, 0.2) is 0 Å². The van der Waals surface area contributed by atoms with Crippen LogP contribution in [0.2, 0.25) is 5.02 Å².